The molecule has 0 saturated heterocycles. The normalized spacial score (nSPS) is 14.0. The quantitative estimate of drug-likeness (QED) is 0.690. The monoisotopic (exact) mass is 269 g/mol. The number of esters is 1. The zero-order chi connectivity index (χ0) is 12.6. The summed E-state index contributed by atoms with van der Waals surface area (Å²) in [6.45, 7) is 6.30. The van der Waals surface area contributed by atoms with E-state index in [9.17, 15) is 9.18 Å². The second-order valence-corrected chi connectivity index (χ2v) is 4.73. The summed E-state index contributed by atoms with van der Waals surface area (Å²) in [5.41, 5.74) is 5.58. The minimum absolute atomic E-state index is 0. The Hall–Kier alpha value is -0.350. The average Bonchev–Trinajstić information content (AvgIpc) is 2.15. The maximum absolute atomic E-state index is 12.4. The number of carbonyl (C=O) groups excluding carboxylic acids is 1. The van der Waals surface area contributed by atoms with E-state index in [1.54, 1.807) is 0 Å². The molecule has 0 fully saturated rings. The third-order valence-electron chi connectivity index (χ3n) is 2.37. The summed E-state index contributed by atoms with van der Waals surface area (Å²) in [6.07, 6.45) is 0.609. The van der Waals surface area contributed by atoms with Crippen molar-refractivity contribution >= 4 is 18.4 Å². The van der Waals surface area contributed by atoms with Gasteiger partial charge in [-0.15, -0.1) is 12.4 Å². The molecule has 2 N–H and O–H groups in total. The number of ether oxygens (including phenoxy) is 1. The molecule has 17 heavy (non-hydrogen) atoms. The van der Waals surface area contributed by atoms with E-state index in [-0.39, 0.29) is 37.3 Å². The van der Waals surface area contributed by atoms with Crippen molar-refractivity contribution in [3.63, 3.8) is 0 Å². The second kappa shape index (κ2) is 10.8. The van der Waals surface area contributed by atoms with E-state index in [0.717, 1.165) is 6.42 Å². The predicted octanol–water partition coefficient (Wildman–Crippen LogP) is 2.71. The lowest BCUT2D eigenvalue weighted by molar-refractivity contribution is -0.145. The van der Waals surface area contributed by atoms with E-state index >= 15 is 0 Å². The molecule has 0 aliphatic heterocycles. The minimum Gasteiger partial charge on any atom is -0.466 e. The highest BCUT2D eigenvalue weighted by Gasteiger charge is 2.15. The molecule has 2 atom stereocenters. The molecule has 0 aliphatic carbocycles. The standard InChI is InChI=1S/C12H24FNO2.ClH/c1-9(2)6-11(8-14)7-12(15)16-5-4-10(3)13;/h9-11H,4-8,14H2,1-3H3;1H/t10?,11-;/m0./s1. The van der Waals surface area contributed by atoms with Crippen molar-refractivity contribution in [3.05, 3.63) is 0 Å². The molecule has 5 heteroatoms. The van der Waals surface area contributed by atoms with Crippen molar-refractivity contribution in [3.8, 4) is 0 Å². The molecule has 0 aromatic carbocycles. The van der Waals surface area contributed by atoms with Gasteiger partial charge >= 0.3 is 5.97 Å². The van der Waals surface area contributed by atoms with Crippen molar-refractivity contribution < 1.29 is 13.9 Å². The molecule has 104 valence electrons. The van der Waals surface area contributed by atoms with Gasteiger partial charge in [0.25, 0.3) is 0 Å². The van der Waals surface area contributed by atoms with Crippen LogP contribution in [0.4, 0.5) is 4.39 Å². The van der Waals surface area contributed by atoms with Crippen LogP contribution in [0.3, 0.4) is 0 Å². The van der Waals surface area contributed by atoms with Gasteiger partial charge in [-0.2, -0.15) is 0 Å². The van der Waals surface area contributed by atoms with Gasteiger partial charge in [-0.05, 0) is 31.7 Å². The van der Waals surface area contributed by atoms with Crippen molar-refractivity contribution in [1.82, 2.24) is 0 Å². The smallest absolute Gasteiger partial charge is 0.306 e. The maximum Gasteiger partial charge on any atom is 0.306 e. The largest absolute Gasteiger partial charge is 0.466 e. The Balaban J connectivity index is 0. The van der Waals surface area contributed by atoms with E-state index < -0.39 is 6.17 Å². The Labute approximate surface area is 110 Å². The van der Waals surface area contributed by atoms with Gasteiger partial charge in [0, 0.05) is 12.8 Å². The van der Waals surface area contributed by atoms with Gasteiger partial charge in [0.2, 0.25) is 0 Å². The van der Waals surface area contributed by atoms with E-state index in [0.29, 0.717) is 18.9 Å². The molecule has 3 nitrogen and oxygen atoms in total. The molecule has 1 unspecified atom stereocenters. The Morgan fingerprint density at radius 2 is 1.94 bits per heavy atom. The first-order valence-corrected chi connectivity index (χ1v) is 5.95. The molecule has 0 rings (SSSR count). The Morgan fingerprint density at radius 1 is 1.35 bits per heavy atom. The Morgan fingerprint density at radius 3 is 2.35 bits per heavy atom. The lowest BCUT2D eigenvalue weighted by atomic mass is 9.94. The molecule has 0 aliphatic rings. The first kappa shape index (κ1) is 19.0. The van der Waals surface area contributed by atoms with Crippen LogP contribution in [-0.4, -0.2) is 25.3 Å². The summed E-state index contributed by atoms with van der Waals surface area (Å²) in [5, 5.41) is 0. The maximum atomic E-state index is 12.4. The van der Waals surface area contributed by atoms with Crippen molar-refractivity contribution in [2.75, 3.05) is 13.2 Å². The third-order valence-corrected chi connectivity index (χ3v) is 2.37. The van der Waals surface area contributed by atoms with Crippen LogP contribution >= 0.6 is 12.4 Å². The number of alkyl halides is 1. The van der Waals surface area contributed by atoms with E-state index in [4.69, 9.17) is 10.5 Å². The van der Waals surface area contributed by atoms with Gasteiger partial charge in [-0.25, -0.2) is 4.39 Å². The van der Waals surface area contributed by atoms with Gasteiger partial charge in [0.1, 0.15) is 6.17 Å². The molecular weight excluding hydrogens is 245 g/mol. The number of hydrogen-bond acceptors (Lipinski definition) is 3. The van der Waals surface area contributed by atoms with Crippen LogP contribution in [0.15, 0.2) is 0 Å². The third kappa shape index (κ3) is 11.9. The van der Waals surface area contributed by atoms with Gasteiger partial charge in [0.05, 0.1) is 6.61 Å². The Bertz CT molecular complexity index is 201. The highest BCUT2D eigenvalue weighted by molar-refractivity contribution is 5.85. The molecule has 0 bridgehead atoms. The zero-order valence-electron chi connectivity index (χ0n) is 10.9. The van der Waals surface area contributed by atoms with Gasteiger partial charge in [0.15, 0.2) is 0 Å². The van der Waals surface area contributed by atoms with Crippen LogP contribution in [-0.2, 0) is 9.53 Å². The SMILES string of the molecule is CC(C)C[C@H](CN)CC(=O)OCCC(C)F.Cl. The topological polar surface area (TPSA) is 52.3 Å². The zero-order valence-corrected chi connectivity index (χ0v) is 11.8. The van der Waals surface area contributed by atoms with Gasteiger partial charge in [-0.3, -0.25) is 4.79 Å². The minimum atomic E-state index is -0.922. The van der Waals surface area contributed by atoms with E-state index in [2.05, 4.69) is 13.8 Å². The molecule has 0 aromatic heterocycles. The second-order valence-electron chi connectivity index (χ2n) is 4.73. The number of hydrogen-bond donors (Lipinski definition) is 1. The first-order chi connectivity index (χ1) is 7.45. The lowest BCUT2D eigenvalue weighted by Crippen LogP contribution is -2.21. The van der Waals surface area contributed by atoms with Crippen LogP contribution < -0.4 is 5.73 Å². The summed E-state index contributed by atoms with van der Waals surface area (Å²) in [4.78, 5) is 11.4. The van der Waals surface area contributed by atoms with Gasteiger partial charge < -0.3 is 10.5 Å². The average molecular weight is 270 g/mol. The van der Waals surface area contributed by atoms with Crippen molar-refractivity contribution in [1.29, 1.82) is 0 Å². The fourth-order valence-corrected chi connectivity index (χ4v) is 1.56. The molecule has 0 aromatic rings. The van der Waals surface area contributed by atoms with Crippen LogP contribution in [0.2, 0.25) is 0 Å². The Kier molecular flexibility index (Phi) is 12.1. The van der Waals surface area contributed by atoms with Crippen molar-refractivity contribution in [2.45, 2.75) is 46.2 Å². The molecule has 0 heterocycles. The lowest BCUT2D eigenvalue weighted by Gasteiger charge is -2.16. The van der Waals surface area contributed by atoms with Crippen LogP contribution in [0.25, 0.3) is 0 Å². The number of carbonyl (C=O) groups is 1. The first-order valence-electron chi connectivity index (χ1n) is 5.95. The molecule has 0 saturated carbocycles. The van der Waals surface area contributed by atoms with Crippen molar-refractivity contribution in [2.24, 2.45) is 17.6 Å². The number of rotatable bonds is 8. The fraction of sp³-hybridized carbons (Fsp3) is 0.917. The number of nitrogens with two attached hydrogens (primary N) is 1. The number of halogens is 2. The van der Waals surface area contributed by atoms with Crippen LogP contribution in [0.5, 0.6) is 0 Å². The molecular formula is C12H25ClFNO2. The summed E-state index contributed by atoms with van der Waals surface area (Å²) in [5.74, 6) is 0.430. The summed E-state index contributed by atoms with van der Waals surface area (Å²) in [7, 11) is 0. The molecule has 0 radical (unpaired) electrons. The van der Waals surface area contributed by atoms with Crippen LogP contribution in [0, 0.1) is 11.8 Å². The van der Waals surface area contributed by atoms with Crippen LogP contribution in [0.1, 0.15) is 40.0 Å². The van der Waals surface area contributed by atoms with E-state index in [1.807, 2.05) is 0 Å². The summed E-state index contributed by atoms with van der Waals surface area (Å²) in [6, 6.07) is 0. The fourth-order valence-electron chi connectivity index (χ4n) is 1.56. The highest BCUT2D eigenvalue weighted by Crippen LogP contribution is 2.14. The molecule has 0 spiro atoms. The predicted molar refractivity (Wildman–Crippen MR) is 70.0 cm³/mol. The van der Waals surface area contributed by atoms with Gasteiger partial charge in [-0.1, -0.05) is 13.8 Å². The van der Waals surface area contributed by atoms with E-state index in [1.165, 1.54) is 6.92 Å². The highest BCUT2D eigenvalue weighted by atomic mass is 35.5. The summed E-state index contributed by atoms with van der Waals surface area (Å²) >= 11 is 0. The summed E-state index contributed by atoms with van der Waals surface area (Å²) < 4.78 is 17.4. The molecule has 0 amide bonds.